The van der Waals surface area contributed by atoms with Gasteiger partial charge < -0.3 is 15.4 Å². The first kappa shape index (κ1) is 13.5. The summed E-state index contributed by atoms with van der Waals surface area (Å²) in [6.07, 6.45) is 0. The molecule has 1 atom stereocenters. The molecule has 1 aromatic rings. The first-order valence-corrected chi connectivity index (χ1v) is 5.74. The predicted molar refractivity (Wildman–Crippen MR) is 68.0 cm³/mol. The molecule has 4 nitrogen and oxygen atoms in total. The Kier molecular flexibility index (Phi) is 5.49. The van der Waals surface area contributed by atoms with Crippen molar-refractivity contribution in [2.24, 2.45) is 0 Å². The molecular weight excluding hydrogens is 216 g/mol. The van der Waals surface area contributed by atoms with E-state index < -0.39 is 0 Å². The van der Waals surface area contributed by atoms with E-state index in [0.717, 1.165) is 5.56 Å². The number of urea groups is 1. The van der Waals surface area contributed by atoms with E-state index >= 15 is 0 Å². The number of hydrogen-bond donors (Lipinski definition) is 2. The van der Waals surface area contributed by atoms with Crippen molar-refractivity contribution in [3.05, 3.63) is 35.4 Å². The Labute approximate surface area is 102 Å². The lowest BCUT2D eigenvalue weighted by Gasteiger charge is -2.16. The second kappa shape index (κ2) is 6.91. The molecule has 0 aliphatic rings. The highest BCUT2D eigenvalue weighted by Gasteiger charge is 2.10. The second-order valence-corrected chi connectivity index (χ2v) is 3.97. The molecule has 0 fully saturated rings. The van der Waals surface area contributed by atoms with Crippen molar-refractivity contribution in [2.45, 2.75) is 19.9 Å². The Morgan fingerprint density at radius 3 is 2.76 bits per heavy atom. The van der Waals surface area contributed by atoms with Gasteiger partial charge in [0.05, 0.1) is 12.6 Å². The summed E-state index contributed by atoms with van der Waals surface area (Å²) in [4.78, 5) is 11.5. The highest BCUT2D eigenvalue weighted by molar-refractivity contribution is 5.74. The third-order valence-corrected chi connectivity index (χ3v) is 2.59. The SMILES string of the molecule is COCCNC(=O)NC(C)c1ccccc1C. The minimum absolute atomic E-state index is 0.00116. The van der Waals surface area contributed by atoms with Crippen LogP contribution < -0.4 is 10.6 Å². The Balaban J connectivity index is 2.46. The summed E-state index contributed by atoms with van der Waals surface area (Å²) in [5.41, 5.74) is 2.31. The summed E-state index contributed by atoms with van der Waals surface area (Å²) < 4.78 is 4.86. The van der Waals surface area contributed by atoms with E-state index in [1.807, 2.05) is 38.1 Å². The van der Waals surface area contributed by atoms with Crippen LogP contribution in [0.25, 0.3) is 0 Å². The molecule has 2 N–H and O–H groups in total. The van der Waals surface area contributed by atoms with Gasteiger partial charge in [-0.2, -0.15) is 0 Å². The van der Waals surface area contributed by atoms with Crippen LogP contribution in [0.1, 0.15) is 24.1 Å². The molecule has 0 radical (unpaired) electrons. The molecule has 0 aromatic heterocycles. The summed E-state index contributed by atoms with van der Waals surface area (Å²) in [5, 5.41) is 5.62. The molecule has 0 saturated carbocycles. The molecular formula is C13H20N2O2. The molecule has 4 heteroatoms. The number of carbonyl (C=O) groups is 1. The van der Waals surface area contributed by atoms with E-state index in [9.17, 15) is 4.79 Å². The molecule has 0 heterocycles. The van der Waals surface area contributed by atoms with Gasteiger partial charge in [0.1, 0.15) is 0 Å². The zero-order chi connectivity index (χ0) is 12.7. The average molecular weight is 236 g/mol. The number of hydrogen-bond acceptors (Lipinski definition) is 2. The third-order valence-electron chi connectivity index (χ3n) is 2.59. The second-order valence-electron chi connectivity index (χ2n) is 3.97. The third kappa shape index (κ3) is 4.44. The number of methoxy groups -OCH3 is 1. The smallest absolute Gasteiger partial charge is 0.315 e. The Bertz CT molecular complexity index is 366. The Morgan fingerprint density at radius 1 is 1.41 bits per heavy atom. The molecule has 0 saturated heterocycles. The van der Waals surface area contributed by atoms with Gasteiger partial charge in [-0.1, -0.05) is 24.3 Å². The number of ether oxygens (including phenoxy) is 1. The van der Waals surface area contributed by atoms with Crippen LogP contribution in [-0.2, 0) is 4.74 Å². The number of carbonyl (C=O) groups excluding carboxylic acids is 1. The van der Waals surface area contributed by atoms with Crippen molar-refractivity contribution in [3.63, 3.8) is 0 Å². The average Bonchev–Trinajstić information content (AvgIpc) is 2.29. The summed E-state index contributed by atoms with van der Waals surface area (Å²) in [6, 6.07) is 7.86. The highest BCUT2D eigenvalue weighted by atomic mass is 16.5. The summed E-state index contributed by atoms with van der Waals surface area (Å²) in [7, 11) is 1.61. The van der Waals surface area contributed by atoms with Gasteiger partial charge >= 0.3 is 6.03 Å². The number of amides is 2. The van der Waals surface area contributed by atoms with Gasteiger partial charge in [0, 0.05) is 13.7 Å². The van der Waals surface area contributed by atoms with Crippen LogP contribution >= 0.6 is 0 Å². The van der Waals surface area contributed by atoms with Crippen molar-refractivity contribution in [1.29, 1.82) is 0 Å². The van der Waals surface area contributed by atoms with Crippen LogP contribution in [-0.4, -0.2) is 26.3 Å². The van der Waals surface area contributed by atoms with Gasteiger partial charge in [-0.15, -0.1) is 0 Å². The Morgan fingerprint density at radius 2 is 2.12 bits per heavy atom. The van der Waals surface area contributed by atoms with Crippen LogP contribution in [0.15, 0.2) is 24.3 Å². The molecule has 0 spiro atoms. The largest absolute Gasteiger partial charge is 0.383 e. The summed E-state index contributed by atoms with van der Waals surface area (Å²) in [5.74, 6) is 0. The van der Waals surface area contributed by atoms with Crippen molar-refractivity contribution in [2.75, 3.05) is 20.3 Å². The fourth-order valence-corrected chi connectivity index (χ4v) is 1.66. The molecule has 0 aliphatic carbocycles. The number of aryl methyl sites for hydroxylation is 1. The molecule has 1 aromatic carbocycles. The lowest BCUT2D eigenvalue weighted by molar-refractivity contribution is 0.195. The maximum Gasteiger partial charge on any atom is 0.315 e. The summed E-state index contributed by atoms with van der Waals surface area (Å²) >= 11 is 0. The zero-order valence-electron chi connectivity index (χ0n) is 10.6. The van der Waals surface area contributed by atoms with Crippen molar-refractivity contribution < 1.29 is 9.53 Å². The Hall–Kier alpha value is -1.55. The van der Waals surface area contributed by atoms with Crippen molar-refractivity contribution >= 4 is 6.03 Å². The van der Waals surface area contributed by atoms with Crippen LogP contribution in [0.4, 0.5) is 4.79 Å². The van der Waals surface area contributed by atoms with E-state index in [2.05, 4.69) is 10.6 Å². The fraction of sp³-hybridized carbons (Fsp3) is 0.462. The quantitative estimate of drug-likeness (QED) is 0.768. The van der Waals surface area contributed by atoms with E-state index in [0.29, 0.717) is 13.2 Å². The molecule has 2 amide bonds. The number of nitrogens with one attached hydrogen (secondary N) is 2. The predicted octanol–water partition coefficient (Wildman–Crippen LogP) is 2.00. The van der Waals surface area contributed by atoms with Gasteiger partial charge in [-0.25, -0.2) is 4.79 Å². The standard InChI is InChI=1S/C13H20N2O2/c1-10-6-4-5-7-12(10)11(2)15-13(16)14-8-9-17-3/h4-7,11H,8-9H2,1-3H3,(H2,14,15,16). The molecule has 0 bridgehead atoms. The molecule has 0 aliphatic heterocycles. The molecule has 17 heavy (non-hydrogen) atoms. The van der Waals surface area contributed by atoms with E-state index in [4.69, 9.17) is 4.74 Å². The molecule has 94 valence electrons. The summed E-state index contributed by atoms with van der Waals surface area (Å²) in [6.45, 7) is 5.05. The maximum absolute atomic E-state index is 11.5. The highest BCUT2D eigenvalue weighted by Crippen LogP contribution is 2.16. The van der Waals surface area contributed by atoms with Gasteiger partial charge in [0.15, 0.2) is 0 Å². The minimum atomic E-state index is -0.169. The normalized spacial score (nSPS) is 11.9. The van der Waals surface area contributed by atoms with Crippen LogP contribution in [0.3, 0.4) is 0 Å². The molecule has 1 unspecified atom stereocenters. The topological polar surface area (TPSA) is 50.4 Å². The van der Waals surface area contributed by atoms with Gasteiger partial charge in [0.25, 0.3) is 0 Å². The fourth-order valence-electron chi connectivity index (χ4n) is 1.66. The minimum Gasteiger partial charge on any atom is -0.383 e. The van der Waals surface area contributed by atoms with Crippen LogP contribution in [0.5, 0.6) is 0 Å². The van der Waals surface area contributed by atoms with E-state index in [1.165, 1.54) is 5.56 Å². The van der Waals surface area contributed by atoms with Crippen molar-refractivity contribution in [3.8, 4) is 0 Å². The van der Waals surface area contributed by atoms with Gasteiger partial charge in [-0.05, 0) is 25.0 Å². The monoisotopic (exact) mass is 236 g/mol. The number of benzene rings is 1. The maximum atomic E-state index is 11.5. The van der Waals surface area contributed by atoms with Crippen LogP contribution in [0.2, 0.25) is 0 Å². The zero-order valence-corrected chi connectivity index (χ0v) is 10.6. The van der Waals surface area contributed by atoms with Crippen molar-refractivity contribution in [1.82, 2.24) is 10.6 Å². The lowest BCUT2D eigenvalue weighted by Crippen LogP contribution is -2.38. The van der Waals surface area contributed by atoms with Gasteiger partial charge in [-0.3, -0.25) is 0 Å². The molecule has 1 rings (SSSR count). The van der Waals surface area contributed by atoms with Gasteiger partial charge in [0.2, 0.25) is 0 Å². The lowest BCUT2D eigenvalue weighted by atomic mass is 10.0. The number of rotatable bonds is 5. The first-order valence-electron chi connectivity index (χ1n) is 5.74. The van der Waals surface area contributed by atoms with Crippen LogP contribution in [0, 0.1) is 6.92 Å². The first-order chi connectivity index (χ1) is 8.15. The van der Waals surface area contributed by atoms with E-state index in [1.54, 1.807) is 7.11 Å². The van der Waals surface area contributed by atoms with E-state index in [-0.39, 0.29) is 12.1 Å².